The van der Waals surface area contributed by atoms with Gasteiger partial charge >= 0.3 is 0 Å². The van der Waals surface area contributed by atoms with Gasteiger partial charge in [-0.25, -0.2) is 4.39 Å². The third-order valence-electron chi connectivity index (χ3n) is 3.29. The van der Waals surface area contributed by atoms with E-state index in [0.29, 0.717) is 17.2 Å². The molecule has 1 aliphatic rings. The maximum atomic E-state index is 13.5. The van der Waals surface area contributed by atoms with E-state index >= 15 is 0 Å². The molecule has 1 heterocycles. The molecule has 1 aliphatic carbocycles. The number of hydrogen-bond acceptors (Lipinski definition) is 1. The summed E-state index contributed by atoms with van der Waals surface area (Å²) in [4.78, 5) is 0. The van der Waals surface area contributed by atoms with Crippen LogP contribution in [0.15, 0.2) is 30.3 Å². The summed E-state index contributed by atoms with van der Waals surface area (Å²) < 4.78 is 13.5. The highest BCUT2D eigenvalue weighted by Crippen LogP contribution is 2.36. The Bertz CT molecular complexity index is 500. The van der Waals surface area contributed by atoms with Crippen molar-refractivity contribution in [2.45, 2.75) is 25.2 Å². The van der Waals surface area contributed by atoms with Crippen molar-refractivity contribution in [3.63, 3.8) is 0 Å². The fourth-order valence-corrected chi connectivity index (χ4v) is 2.07. The molecule has 3 rings (SSSR count). The Balaban J connectivity index is 1.95. The van der Waals surface area contributed by atoms with Crippen LogP contribution in [0.4, 0.5) is 4.39 Å². The Morgan fingerprint density at radius 2 is 2.06 bits per heavy atom. The van der Waals surface area contributed by atoms with Crippen LogP contribution in [0.5, 0.6) is 0 Å². The first-order valence-electron chi connectivity index (χ1n) is 5.65. The van der Waals surface area contributed by atoms with Gasteiger partial charge in [0.2, 0.25) is 0 Å². The van der Waals surface area contributed by atoms with Crippen molar-refractivity contribution < 1.29 is 4.39 Å². The van der Waals surface area contributed by atoms with E-state index in [0.717, 1.165) is 5.69 Å². The molecule has 82 valence electrons. The van der Waals surface area contributed by atoms with Crippen LogP contribution in [0.2, 0.25) is 0 Å². The summed E-state index contributed by atoms with van der Waals surface area (Å²) in [6.07, 6.45) is 3.73. The molecular formula is C13H13FN2. The number of aromatic amines is 1. The zero-order valence-electron chi connectivity index (χ0n) is 8.91. The Morgan fingerprint density at radius 3 is 2.75 bits per heavy atom. The number of aromatic nitrogens is 2. The molecule has 1 N–H and O–H groups in total. The second-order valence-corrected chi connectivity index (χ2v) is 4.32. The number of hydrogen-bond donors (Lipinski definition) is 1. The van der Waals surface area contributed by atoms with Gasteiger partial charge < -0.3 is 0 Å². The zero-order valence-corrected chi connectivity index (χ0v) is 8.91. The first-order valence-corrected chi connectivity index (χ1v) is 5.65. The lowest BCUT2D eigenvalue weighted by atomic mass is 9.83. The highest BCUT2D eigenvalue weighted by molar-refractivity contribution is 5.60. The average molecular weight is 216 g/mol. The first kappa shape index (κ1) is 9.58. The molecule has 0 saturated heterocycles. The standard InChI is InChI=1S/C13H13FN2/c14-11-7-2-1-6-10(11)13-8-12(15-16-13)9-4-3-5-9/h1-2,6-9H,3-5H2,(H,15,16). The van der Waals surface area contributed by atoms with Gasteiger partial charge in [0.25, 0.3) is 0 Å². The van der Waals surface area contributed by atoms with Gasteiger partial charge in [0.1, 0.15) is 5.82 Å². The maximum absolute atomic E-state index is 13.5. The predicted octanol–water partition coefficient (Wildman–Crippen LogP) is 3.48. The molecule has 2 nitrogen and oxygen atoms in total. The van der Waals surface area contributed by atoms with Crippen molar-refractivity contribution in [2.24, 2.45) is 0 Å². The van der Waals surface area contributed by atoms with Crippen LogP contribution in [-0.4, -0.2) is 10.2 Å². The van der Waals surface area contributed by atoms with Crippen molar-refractivity contribution in [3.8, 4) is 11.3 Å². The Morgan fingerprint density at radius 1 is 1.25 bits per heavy atom. The van der Waals surface area contributed by atoms with Gasteiger partial charge in [-0.15, -0.1) is 0 Å². The van der Waals surface area contributed by atoms with Crippen molar-refractivity contribution in [1.82, 2.24) is 10.2 Å². The molecule has 0 radical (unpaired) electrons. The predicted molar refractivity (Wildman–Crippen MR) is 60.6 cm³/mol. The topological polar surface area (TPSA) is 28.7 Å². The lowest BCUT2D eigenvalue weighted by Gasteiger charge is -2.23. The molecule has 0 unspecified atom stereocenters. The fraction of sp³-hybridized carbons (Fsp3) is 0.308. The van der Waals surface area contributed by atoms with Gasteiger partial charge in [-0.3, -0.25) is 5.10 Å². The van der Waals surface area contributed by atoms with Gasteiger partial charge in [0.15, 0.2) is 0 Å². The van der Waals surface area contributed by atoms with E-state index in [9.17, 15) is 4.39 Å². The van der Waals surface area contributed by atoms with E-state index in [4.69, 9.17) is 0 Å². The van der Waals surface area contributed by atoms with Gasteiger partial charge in [-0.2, -0.15) is 5.10 Å². The van der Waals surface area contributed by atoms with Crippen LogP contribution in [-0.2, 0) is 0 Å². The summed E-state index contributed by atoms with van der Waals surface area (Å²) in [5.74, 6) is 0.391. The van der Waals surface area contributed by atoms with E-state index < -0.39 is 0 Å². The van der Waals surface area contributed by atoms with Crippen LogP contribution in [0.1, 0.15) is 30.9 Å². The summed E-state index contributed by atoms with van der Waals surface area (Å²) >= 11 is 0. The molecule has 0 spiro atoms. The molecular weight excluding hydrogens is 203 g/mol. The molecule has 3 heteroatoms. The molecule has 0 bridgehead atoms. The van der Waals surface area contributed by atoms with Crippen LogP contribution in [0.25, 0.3) is 11.3 Å². The van der Waals surface area contributed by atoms with E-state index in [1.54, 1.807) is 12.1 Å². The Kier molecular flexibility index (Phi) is 2.24. The highest BCUT2D eigenvalue weighted by Gasteiger charge is 2.22. The highest BCUT2D eigenvalue weighted by atomic mass is 19.1. The van der Waals surface area contributed by atoms with Gasteiger partial charge in [-0.05, 0) is 31.0 Å². The van der Waals surface area contributed by atoms with Crippen LogP contribution < -0.4 is 0 Å². The summed E-state index contributed by atoms with van der Waals surface area (Å²) in [6.45, 7) is 0. The largest absolute Gasteiger partial charge is 0.282 e. The summed E-state index contributed by atoms with van der Waals surface area (Å²) in [7, 11) is 0. The second-order valence-electron chi connectivity index (χ2n) is 4.32. The molecule has 0 aliphatic heterocycles. The number of rotatable bonds is 2. The molecule has 0 atom stereocenters. The van der Waals surface area contributed by atoms with Crippen molar-refractivity contribution in [2.75, 3.05) is 0 Å². The number of benzene rings is 1. The molecule has 16 heavy (non-hydrogen) atoms. The van der Waals surface area contributed by atoms with Crippen LogP contribution in [0.3, 0.4) is 0 Å². The summed E-state index contributed by atoms with van der Waals surface area (Å²) in [5, 5.41) is 7.20. The Labute approximate surface area is 93.5 Å². The molecule has 1 fully saturated rings. The third-order valence-corrected chi connectivity index (χ3v) is 3.29. The first-order chi connectivity index (χ1) is 7.84. The minimum atomic E-state index is -0.214. The molecule has 1 aromatic heterocycles. The van der Waals surface area contributed by atoms with E-state index in [1.807, 2.05) is 12.1 Å². The zero-order chi connectivity index (χ0) is 11.0. The number of halogens is 1. The fourth-order valence-electron chi connectivity index (χ4n) is 2.07. The smallest absolute Gasteiger partial charge is 0.132 e. The SMILES string of the molecule is Fc1ccccc1-c1cc(C2CCC2)[nH]n1. The van der Waals surface area contributed by atoms with E-state index in [2.05, 4.69) is 10.2 Å². The molecule has 1 aromatic carbocycles. The second kappa shape index (κ2) is 3.74. The lowest BCUT2D eigenvalue weighted by Crippen LogP contribution is -2.08. The molecule has 0 amide bonds. The third kappa shape index (κ3) is 1.52. The van der Waals surface area contributed by atoms with E-state index in [1.165, 1.54) is 25.3 Å². The van der Waals surface area contributed by atoms with Crippen molar-refractivity contribution >= 4 is 0 Å². The molecule has 2 aromatic rings. The van der Waals surface area contributed by atoms with Crippen molar-refractivity contribution in [1.29, 1.82) is 0 Å². The monoisotopic (exact) mass is 216 g/mol. The van der Waals surface area contributed by atoms with Gasteiger partial charge in [0, 0.05) is 17.2 Å². The lowest BCUT2D eigenvalue weighted by molar-refractivity contribution is 0.410. The number of nitrogens with zero attached hydrogens (tertiary/aromatic N) is 1. The van der Waals surface area contributed by atoms with E-state index in [-0.39, 0.29) is 5.82 Å². The number of nitrogens with one attached hydrogen (secondary N) is 1. The van der Waals surface area contributed by atoms with Gasteiger partial charge in [0.05, 0.1) is 5.69 Å². The summed E-state index contributed by atoms with van der Waals surface area (Å²) in [5.41, 5.74) is 2.42. The summed E-state index contributed by atoms with van der Waals surface area (Å²) in [6, 6.07) is 8.72. The van der Waals surface area contributed by atoms with Crippen LogP contribution in [0, 0.1) is 5.82 Å². The normalized spacial score (nSPS) is 16.1. The van der Waals surface area contributed by atoms with Crippen LogP contribution >= 0.6 is 0 Å². The van der Waals surface area contributed by atoms with Crippen molar-refractivity contribution in [3.05, 3.63) is 41.8 Å². The van der Waals surface area contributed by atoms with Gasteiger partial charge in [-0.1, -0.05) is 18.6 Å². The molecule has 1 saturated carbocycles. The maximum Gasteiger partial charge on any atom is 0.132 e. The quantitative estimate of drug-likeness (QED) is 0.817. The minimum Gasteiger partial charge on any atom is -0.282 e. The average Bonchev–Trinajstić information content (AvgIpc) is 2.65. The Hall–Kier alpha value is -1.64. The number of H-pyrrole nitrogens is 1. The minimum absolute atomic E-state index is 0.214.